The second-order valence-corrected chi connectivity index (χ2v) is 15.0. The highest BCUT2D eigenvalue weighted by Gasteiger charge is 2.51. The van der Waals surface area contributed by atoms with E-state index in [0.717, 1.165) is 51.4 Å². The minimum Gasteiger partial charge on any atom is -0.393 e. The van der Waals surface area contributed by atoms with E-state index in [1.165, 1.54) is 31.8 Å². The van der Waals surface area contributed by atoms with Gasteiger partial charge in [-0.1, -0.05) is 101 Å². The summed E-state index contributed by atoms with van der Waals surface area (Å²) in [6, 6.07) is -1.27. The van der Waals surface area contributed by atoms with Crippen LogP contribution >= 0.6 is 7.82 Å². The Morgan fingerprint density at radius 2 is 1.15 bits per heavy atom. The first kappa shape index (κ1) is 48.3. The van der Waals surface area contributed by atoms with Crippen LogP contribution in [-0.4, -0.2) is 108 Å². The molecule has 0 aromatic carbocycles. The average molecular weight is 762 g/mol. The fourth-order valence-electron chi connectivity index (χ4n) is 5.60. The van der Waals surface area contributed by atoms with E-state index in [4.69, 9.17) is 9.05 Å². The minimum absolute atomic E-state index is 0.274. The van der Waals surface area contributed by atoms with Gasteiger partial charge >= 0.3 is 7.82 Å². The van der Waals surface area contributed by atoms with Crippen LogP contribution in [0.3, 0.4) is 0 Å². The van der Waals surface area contributed by atoms with Crippen LogP contribution in [0.1, 0.15) is 123 Å². The number of hydrogen-bond acceptors (Lipinski definition) is 11. The highest BCUT2D eigenvalue weighted by atomic mass is 31.2. The number of nitrogens with one attached hydrogen (secondary N) is 1. The number of carbonyl (C=O) groups is 1. The first-order valence-corrected chi connectivity index (χ1v) is 20.7. The zero-order valence-electron chi connectivity index (χ0n) is 31.2. The number of phosphoric ester groups is 1. The van der Waals surface area contributed by atoms with Gasteiger partial charge in [0.1, 0.15) is 36.6 Å². The van der Waals surface area contributed by atoms with Crippen molar-refractivity contribution in [1.82, 2.24) is 5.32 Å². The fraction of sp³-hybridized carbons (Fsp3) is 0.763. The molecule has 9 N–H and O–H groups in total. The summed E-state index contributed by atoms with van der Waals surface area (Å²) in [5, 5.41) is 73.8. The van der Waals surface area contributed by atoms with Crippen molar-refractivity contribution in [2.75, 3.05) is 6.61 Å². The zero-order chi connectivity index (χ0) is 38.8. The summed E-state index contributed by atoms with van der Waals surface area (Å²) in [7, 11) is -5.14. The molecule has 14 heteroatoms. The molecule has 0 radical (unpaired) electrons. The van der Waals surface area contributed by atoms with E-state index in [1.54, 1.807) is 6.08 Å². The molecule has 0 saturated heterocycles. The van der Waals surface area contributed by atoms with Gasteiger partial charge in [0.25, 0.3) is 0 Å². The maximum Gasteiger partial charge on any atom is 0.472 e. The Bertz CT molecular complexity index is 1090. The Labute approximate surface area is 310 Å². The maximum atomic E-state index is 12.8. The van der Waals surface area contributed by atoms with Crippen molar-refractivity contribution in [1.29, 1.82) is 0 Å². The van der Waals surface area contributed by atoms with Crippen molar-refractivity contribution >= 4 is 13.7 Å². The van der Waals surface area contributed by atoms with Crippen LogP contribution in [0.5, 0.6) is 0 Å². The highest BCUT2D eigenvalue weighted by molar-refractivity contribution is 7.47. The topological polar surface area (TPSA) is 226 Å². The predicted octanol–water partition coefficient (Wildman–Crippen LogP) is 4.41. The van der Waals surface area contributed by atoms with Crippen molar-refractivity contribution in [3.05, 3.63) is 48.6 Å². The Morgan fingerprint density at radius 1 is 0.673 bits per heavy atom. The van der Waals surface area contributed by atoms with Gasteiger partial charge < -0.3 is 46.0 Å². The highest BCUT2D eigenvalue weighted by Crippen LogP contribution is 2.47. The Morgan fingerprint density at radius 3 is 1.71 bits per heavy atom. The minimum atomic E-state index is -5.14. The summed E-state index contributed by atoms with van der Waals surface area (Å²) in [4.78, 5) is 23.2. The molecule has 1 rings (SSSR count). The number of carbonyl (C=O) groups excluding carboxylic acids is 1. The molecular weight excluding hydrogens is 693 g/mol. The summed E-state index contributed by atoms with van der Waals surface area (Å²) in [5.41, 5.74) is 0. The van der Waals surface area contributed by atoms with E-state index in [-0.39, 0.29) is 6.42 Å². The van der Waals surface area contributed by atoms with Gasteiger partial charge in [0, 0.05) is 0 Å². The van der Waals surface area contributed by atoms with Gasteiger partial charge in [-0.05, 0) is 64.2 Å². The monoisotopic (exact) mass is 761 g/mol. The summed E-state index contributed by atoms with van der Waals surface area (Å²) < 4.78 is 22.7. The van der Waals surface area contributed by atoms with E-state index in [1.807, 2.05) is 6.08 Å². The third-order valence-corrected chi connectivity index (χ3v) is 9.85. The molecule has 1 fully saturated rings. The van der Waals surface area contributed by atoms with Crippen molar-refractivity contribution in [3.63, 3.8) is 0 Å². The SMILES string of the molecule is CCCC/C=C\CCCCC(O)CC(=O)NC(COP(=O)(O)OC1C(O)C(O)C(O)C(O)C1O)C(O)/C=C/CC/C=C/CC/C=C/CCCCCC. The third kappa shape index (κ3) is 21.2. The first-order valence-electron chi connectivity index (χ1n) is 19.2. The largest absolute Gasteiger partial charge is 0.472 e. The molecule has 1 saturated carbocycles. The lowest BCUT2D eigenvalue weighted by Gasteiger charge is -2.41. The van der Waals surface area contributed by atoms with Gasteiger partial charge in [-0.25, -0.2) is 4.57 Å². The quantitative estimate of drug-likeness (QED) is 0.0294. The molecule has 0 aromatic heterocycles. The molecule has 302 valence electrons. The van der Waals surface area contributed by atoms with E-state index in [9.17, 15) is 50.0 Å². The summed E-state index contributed by atoms with van der Waals surface area (Å²) in [5.74, 6) is -0.627. The van der Waals surface area contributed by atoms with E-state index >= 15 is 0 Å². The Hall–Kier alpha value is -1.74. The number of hydrogen-bond donors (Lipinski definition) is 9. The molecule has 52 heavy (non-hydrogen) atoms. The molecule has 1 amide bonds. The van der Waals surface area contributed by atoms with E-state index in [0.29, 0.717) is 25.7 Å². The lowest BCUT2D eigenvalue weighted by molar-refractivity contribution is -0.220. The third-order valence-electron chi connectivity index (χ3n) is 8.86. The van der Waals surface area contributed by atoms with Gasteiger partial charge in [-0.15, -0.1) is 0 Å². The van der Waals surface area contributed by atoms with Gasteiger partial charge in [0.2, 0.25) is 5.91 Å². The normalized spacial score (nSPS) is 25.7. The van der Waals surface area contributed by atoms with Crippen LogP contribution in [-0.2, 0) is 18.4 Å². The maximum absolute atomic E-state index is 12.8. The molecule has 0 aliphatic heterocycles. The van der Waals surface area contributed by atoms with Gasteiger partial charge in [0.15, 0.2) is 0 Å². The second kappa shape index (κ2) is 28.7. The molecule has 0 bridgehead atoms. The molecule has 0 heterocycles. The van der Waals surface area contributed by atoms with Crippen LogP contribution in [0.25, 0.3) is 0 Å². The van der Waals surface area contributed by atoms with Crippen LogP contribution < -0.4 is 5.32 Å². The molecule has 0 aromatic rings. The Kier molecular flexibility index (Phi) is 26.6. The van der Waals surface area contributed by atoms with Crippen molar-refractivity contribution < 1.29 is 59.0 Å². The first-order chi connectivity index (χ1) is 24.8. The van der Waals surface area contributed by atoms with Crippen molar-refractivity contribution in [2.45, 2.75) is 178 Å². The van der Waals surface area contributed by atoms with Gasteiger partial charge in [-0.3, -0.25) is 13.8 Å². The predicted molar refractivity (Wildman–Crippen MR) is 201 cm³/mol. The molecule has 1 aliphatic carbocycles. The lowest BCUT2D eigenvalue weighted by atomic mass is 9.85. The van der Waals surface area contributed by atoms with Gasteiger partial charge in [-0.2, -0.15) is 0 Å². The Balaban J connectivity index is 2.73. The standard InChI is InChI=1S/C38H68NO12P/c1-3-5-7-9-11-13-14-15-16-17-18-20-22-24-26-31(41)30(39-32(42)27-29(40)25-23-21-19-12-10-8-6-4-2)28-50-52(48,49)51-38-36(46)34(44)33(43)35(45)37(38)47/h10,12-14,17-18,24,26,29-31,33-38,40-41,43-47H,3-9,11,15-16,19-23,25,27-28H2,1-2H3,(H,39,42)(H,48,49)/b12-10-,14-13+,18-17+,26-24+. The van der Waals surface area contributed by atoms with E-state index in [2.05, 4.69) is 49.5 Å². The number of unbranched alkanes of at least 4 members (excludes halogenated alkanes) is 10. The van der Waals surface area contributed by atoms with Crippen LogP contribution in [0.15, 0.2) is 48.6 Å². The molecule has 0 spiro atoms. The number of amides is 1. The smallest absolute Gasteiger partial charge is 0.393 e. The number of allylic oxidation sites excluding steroid dienone is 7. The summed E-state index contributed by atoms with van der Waals surface area (Å²) in [6.07, 6.45) is 16.7. The molecular formula is C38H68NO12P. The molecule has 1 aliphatic rings. The van der Waals surface area contributed by atoms with Gasteiger partial charge in [0.05, 0.1) is 31.3 Å². The molecule has 13 nitrogen and oxygen atoms in total. The number of rotatable bonds is 29. The zero-order valence-corrected chi connectivity index (χ0v) is 32.1. The van der Waals surface area contributed by atoms with E-state index < -0.39 is 75.2 Å². The number of phosphoric acid groups is 1. The lowest BCUT2D eigenvalue weighted by Crippen LogP contribution is -2.64. The average Bonchev–Trinajstić information content (AvgIpc) is 3.11. The van der Waals surface area contributed by atoms with Crippen molar-refractivity contribution in [2.24, 2.45) is 0 Å². The van der Waals surface area contributed by atoms with Crippen LogP contribution in [0, 0.1) is 0 Å². The summed E-state index contributed by atoms with van der Waals surface area (Å²) in [6.45, 7) is 3.57. The van der Waals surface area contributed by atoms with Crippen molar-refractivity contribution in [3.8, 4) is 0 Å². The summed E-state index contributed by atoms with van der Waals surface area (Å²) >= 11 is 0. The second-order valence-electron chi connectivity index (χ2n) is 13.6. The van der Waals surface area contributed by atoms with Crippen LogP contribution in [0.2, 0.25) is 0 Å². The molecule has 8 atom stereocenters. The molecule has 8 unspecified atom stereocenters. The number of aliphatic hydroxyl groups is 7. The van der Waals surface area contributed by atoms with Crippen LogP contribution in [0.4, 0.5) is 0 Å². The number of aliphatic hydroxyl groups excluding tert-OH is 7. The fourth-order valence-corrected chi connectivity index (χ4v) is 6.57.